The normalized spacial score (nSPS) is 21.9. The number of carbonyl (C=O) groups excluding carboxylic acids is 2. The van der Waals surface area contributed by atoms with Gasteiger partial charge in [-0.15, -0.1) is 0 Å². The number of hydrogen-bond acceptors (Lipinski definition) is 5. The van der Waals surface area contributed by atoms with Gasteiger partial charge in [-0.1, -0.05) is 35.0 Å². The Morgan fingerprint density at radius 1 is 1.21 bits per heavy atom. The van der Waals surface area contributed by atoms with Gasteiger partial charge in [0.25, 0.3) is 5.91 Å². The molecule has 4 rings (SSSR count). The van der Waals surface area contributed by atoms with Crippen LogP contribution in [-0.2, 0) is 9.53 Å². The Morgan fingerprint density at radius 3 is 2.79 bits per heavy atom. The number of carbonyl (C=O) groups is 2. The zero-order valence-electron chi connectivity index (χ0n) is 16.7. The van der Waals surface area contributed by atoms with E-state index < -0.39 is 0 Å². The highest BCUT2D eigenvalue weighted by atomic mass is 16.5. The molecule has 3 heterocycles. The first-order valence-corrected chi connectivity index (χ1v) is 10.3. The van der Waals surface area contributed by atoms with Crippen molar-refractivity contribution in [3.05, 3.63) is 41.6 Å². The highest BCUT2D eigenvalue weighted by molar-refractivity contribution is 5.93. The molecule has 7 heteroatoms. The van der Waals surface area contributed by atoms with Crippen molar-refractivity contribution in [2.24, 2.45) is 5.92 Å². The van der Waals surface area contributed by atoms with Crippen LogP contribution < -0.4 is 5.32 Å². The lowest BCUT2D eigenvalue weighted by atomic mass is 9.96. The van der Waals surface area contributed by atoms with Crippen LogP contribution in [0.3, 0.4) is 0 Å². The number of benzene rings is 1. The second-order valence-corrected chi connectivity index (χ2v) is 7.91. The van der Waals surface area contributed by atoms with E-state index in [1.54, 1.807) is 11.0 Å². The number of ether oxygens (including phenoxy) is 1. The summed E-state index contributed by atoms with van der Waals surface area (Å²) in [5, 5.41) is 6.95. The zero-order chi connectivity index (χ0) is 20.2. The number of amides is 2. The molecule has 1 aromatic carbocycles. The molecule has 1 N–H and O–H groups in total. The maximum Gasteiger partial charge on any atom is 0.276 e. The minimum absolute atomic E-state index is 0.00139. The van der Waals surface area contributed by atoms with Gasteiger partial charge in [0.15, 0.2) is 11.5 Å². The molecular weight excluding hydrogens is 370 g/mol. The maximum atomic E-state index is 12.9. The summed E-state index contributed by atoms with van der Waals surface area (Å²) in [6.45, 7) is 4.37. The number of aromatic nitrogens is 1. The Bertz CT molecular complexity index is 855. The zero-order valence-corrected chi connectivity index (χ0v) is 16.7. The van der Waals surface area contributed by atoms with Crippen molar-refractivity contribution in [1.82, 2.24) is 15.4 Å². The van der Waals surface area contributed by atoms with Gasteiger partial charge in [0.2, 0.25) is 5.91 Å². The molecule has 0 aliphatic carbocycles. The van der Waals surface area contributed by atoms with Crippen LogP contribution >= 0.6 is 0 Å². The molecule has 2 amide bonds. The standard InChI is InChI=1S/C22H27N3O4/c1-15-6-8-16(9-7-15)20-12-19(24-29-20)22(27)25-10-2-4-17(14-25)21(26)23-13-18-5-3-11-28-18/h6-9,12,17-18H,2-5,10-11,13-14H2,1H3,(H,23,26). The lowest BCUT2D eigenvalue weighted by molar-refractivity contribution is -0.126. The van der Waals surface area contributed by atoms with E-state index in [4.69, 9.17) is 9.26 Å². The summed E-state index contributed by atoms with van der Waals surface area (Å²) < 4.78 is 10.9. The molecule has 1 aromatic heterocycles. The smallest absolute Gasteiger partial charge is 0.276 e. The van der Waals surface area contributed by atoms with Crippen molar-refractivity contribution < 1.29 is 18.8 Å². The first kappa shape index (κ1) is 19.6. The summed E-state index contributed by atoms with van der Waals surface area (Å²) in [5.74, 6) is 0.177. The van der Waals surface area contributed by atoms with E-state index in [-0.39, 0.29) is 29.5 Å². The van der Waals surface area contributed by atoms with Crippen LogP contribution in [0.5, 0.6) is 0 Å². The Kier molecular flexibility index (Phi) is 5.94. The molecule has 0 bridgehead atoms. The molecule has 154 valence electrons. The number of aryl methyl sites for hydroxylation is 1. The molecule has 0 spiro atoms. The minimum Gasteiger partial charge on any atom is -0.376 e. The number of piperidine rings is 1. The van der Waals surface area contributed by atoms with Gasteiger partial charge in [-0.05, 0) is 32.6 Å². The Labute approximate surface area is 170 Å². The van der Waals surface area contributed by atoms with E-state index >= 15 is 0 Å². The van der Waals surface area contributed by atoms with Crippen LogP contribution in [0.15, 0.2) is 34.9 Å². The monoisotopic (exact) mass is 397 g/mol. The molecule has 2 aromatic rings. The molecule has 2 unspecified atom stereocenters. The highest BCUT2D eigenvalue weighted by Crippen LogP contribution is 2.23. The van der Waals surface area contributed by atoms with Gasteiger partial charge >= 0.3 is 0 Å². The van der Waals surface area contributed by atoms with Crippen LogP contribution in [0, 0.1) is 12.8 Å². The maximum absolute atomic E-state index is 12.9. The van der Waals surface area contributed by atoms with E-state index in [0.717, 1.165) is 43.4 Å². The Hall–Kier alpha value is -2.67. The van der Waals surface area contributed by atoms with E-state index in [1.165, 1.54) is 0 Å². The number of likely N-dealkylation sites (tertiary alicyclic amines) is 1. The predicted molar refractivity (Wildman–Crippen MR) is 107 cm³/mol. The molecule has 29 heavy (non-hydrogen) atoms. The van der Waals surface area contributed by atoms with Gasteiger partial charge in [-0.2, -0.15) is 0 Å². The summed E-state index contributed by atoms with van der Waals surface area (Å²) in [4.78, 5) is 27.1. The molecule has 2 saturated heterocycles. The molecule has 7 nitrogen and oxygen atoms in total. The lowest BCUT2D eigenvalue weighted by Gasteiger charge is -2.31. The number of nitrogens with zero attached hydrogens (tertiary/aromatic N) is 2. The number of hydrogen-bond donors (Lipinski definition) is 1. The van der Waals surface area contributed by atoms with Gasteiger partial charge in [0.1, 0.15) is 0 Å². The summed E-state index contributed by atoms with van der Waals surface area (Å²) in [5.41, 5.74) is 2.31. The fraction of sp³-hybridized carbons (Fsp3) is 0.500. The largest absolute Gasteiger partial charge is 0.376 e. The van der Waals surface area contributed by atoms with Crippen molar-refractivity contribution in [3.63, 3.8) is 0 Å². The average molecular weight is 397 g/mol. The van der Waals surface area contributed by atoms with Crippen LogP contribution in [-0.4, -0.2) is 54.2 Å². The minimum atomic E-state index is -0.197. The molecule has 0 saturated carbocycles. The van der Waals surface area contributed by atoms with Crippen molar-refractivity contribution in [2.45, 2.75) is 38.7 Å². The van der Waals surface area contributed by atoms with Crippen molar-refractivity contribution in [2.75, 3.05) is 26.2 Å². The number of rotatable bonds is 5. The van der Waals surface area contributed by atoms with Crippen molar-refractivity contribution in [3.8, 4) is 11.3 Å². The third kappa shape index (κ3) is 4.67. The summed E-state index contributed by atoms with van der Waals surface area (Å²) in [6.07, 6.45) is 3.75. The van der Waals surface area contributed by atoms with Gasteiger partial charge in [0, 0.05) is 37.9 Å². The van der Waals surface area contributed by atoms with Crippen molar-refractivity contribution in [1.29, 1.82) is 0 Å². The van der Waals surface area contributed by atoms with E-state index in [2.05, 4.69) is 10.5 Å². The third-order valence-corrected chi connectivity index (χ3v) is 5.67. The van der Waals surface area contributed by atoms with E-state index in [1.807, 2.05) is 31.2 Å². The lowest BCUT2D eigenvalue weighted by Crippen LogP contribution is -2.46. The molecule has 2 fully saturated rings. The average Bonchev–Trinajstić information content (AvgIpc) is 3.44. The Balaban J connectivity index is 1.36. The van der Waals surface area contributed by atoms with E-state index in [9.17, 15) is 9.59 Å². The van der Waals surface area contributed by atoms with Crippen LogP contribution in [0.1, 0.15) is 41.7 Å². The summed E-state index contributed by atoms with van der Waals surface area (Å²) >= 11 is 0. The van der Waals surface area contributed by atoms with Crippen molar-refractivity contribution >= 4 is 11.8 Å². The molecule has 0 radical (unpaired) electrons. The first-order chi connectivity index (χ1) is 14.1. The van der Waals surface area contributed by atoms with Crippen LogP contribution in [0.25, 0.3) is 11.3 Å². The second-order valence-electron chi connectivity index (χ2n) is 7.91. The quantitative estimate of drug-likeness (QED) is 0.839. The highest BCUT2D eigenvalue weighted by Gasteiger charge is 2.30. The summed E-state index contributed by atoms with van der Waals surface area (Å²) in [6, 6.07) is 9.54. The van der Waals surface area contributed by atoms with E-state index in [0.29, 0.717) is 25.4 Å². The molecule has 2 atom stereocenters. The SMILES string of the molecule is Cc1ccc(-c2cc(C(=O)N3CCCC(C(=O)NCC4CCCO4)C3)no2)cc1. The fourth-order valence-electron chi connectivity index (χ4n) is 3.93. The van der Waals surface area contributed by atoms with Gasteiger partial charge in [-0.25, -0.2) is 0 Å². The van der Waals surface area contributed by atoms with Gasteiger partial charge < -0.3 is 19.5 Å². The fourth-order valence-corrected chi connectivity index (χ4v) is 3.93. The first-order valence-electron chi connectivity index (χ1n) is 10.3. The second kappa shape index (κ2) is 8.78. The van der Waals surface area contributed by atoms with Crippen LogP contribution in [0.4, 0.5) is 0 Å². The molecule has 2 aliphatic heterocycles. The number of nitrogens with one attached hydrogen (secondary N) is 1. The van der Waals surface area contributed by atoms with Crippen LogP contribution in [0.2, 0.25) is 0 Å². The third-order valence-electron chi connectivity index (χ3n) is 5.67. The van der Waals surface area contributed by atoms with Gasteiger partial charge in [0.05, 0.1) is 12.0 Å². The Morgan fingerprint density at radius 2 is 2.03 bits per heavy atom. The predicted octanol–water partition coefficient (Wildman–Crippen LogP) is 2.80. The summed E-state index contributed by atoms with van der Waals surface area (Å²) in [7, 11) is 0. The molecule has 2 aliphatic rings. The topological polar surface area (TPSA) is 84.7 Å². The van der Waals surface area contributed by atoms with Gasteiger partial charge in [-0.3, -0.25) is 9.59 Å². The molecular formula is C22H27N3O4.